The van der Waals surface area contributed by atoms with Gasteiger partial charge in [0.05, 0.1) is 25.0 Å². The highest BCUT2D eigenvalue weighted by Gasteiger charge is 2.31. The monoisotopic (exact) mass is 369 g/mol. The van der Waals surface area contributed by atoms with Gasteiger partial charge in [0.15, 0.2) is 5.78 Å². The van der Waals surface area contributed by atoms with Crippen molar-refractivity contribution in [2.75, 3.05) is 27.7 Å². The second-order valence-electron chi connectivity index (χ2n) is 8.23. The van der Waals surface area contributed by atoms with Gasteiger partial charge in [-0.3, -0.25) is 19.7 Å². The number of Topliss-reactive ketones (excluding diaryl/α,β-unsaturated/α-hetero) is 1. The van der Waals surface area contributed by atoms with Crippen LogP contribution in [0.5, 0.6) is 0 Å². The van der Waals surface area contributed by atoms with Crippen molar-refractivity contribution >= 4 is 17.7 Å². The first-order valence-electron chi connectivity index (χ1n) is 9.41. The van der Waals surface area contributed by atoms with Gasteiger partial charge in [-0.2, -0.15) is 0 Å². The summed E-state index contributed by atoms with van der Waals surface area (Å²) in [7, 11) is 5.05. The van der Waals surface area contributed by atoms with Crippen LogP contribution in [0.4, 0.5) is 0 Å². The molecule has 7 nitrogen and oxygen atoms in total. The number of nitrogens with one attached hydrogen (secondary N) is 2. The molecule has 0 aromatic rings. The van der Waals surface area contributed by atoms with Crippen LogP contribution < -0.4 is 10.6 Å². The number of carbonyl (C=O) groups is 3. The van der Waals surface area contributed by atoms with Gasteiger partial charge in [-0.05, 0) is 46.6 Å². The standard InChI is InChI=1S/C19H35N3O4/c1-19(2,3)26-16(24)11-14(18(25)22(5)6)21-12-15(23)17(20-4)13-9-7-8-10-13/h13-14,17,20-21H,7-12H2,1-6H3/t14-,17-/m0/s1. The van der Waals surface area contributed by atoms with E-state index in [-0.39, 0.29) is 30.7 Å². The summed E-state index contributed by atoms with van der Waals surface area (Å²) in [6, 6.07) is -0.980. The highest BCUT2D eigenvalue weighted by Crippen LogP contribution is 2.27. The normalized spacial score (nSPS) is 17.6. The fourth-order valence-corrected chi connectivity index (χ4v) is 3.39. The number of nitrogens with zero attached hydrogens (tertiary/aromatic N) is 1. The molecule has 0 bridgehead atoms. The smallest absolute Gasteiger partial charge is 0.308 e. The molecule has 1 rings (SSSR count). The van der Waals surface area contributed by atoms with Crippen molar-refractivity contribution in [1.82, 2.24) is 15.5 Å². The van der Waals surface area contributed by atoms with E-state index in [1.807, 2.05) is 0 Å². The molecule has 0 heterocycles. The first-order chi connectivity index (χ1) is 12.0. The Bertz CT molecular complexity index is 494. The van der Waals surface area contributed by atoms with Gasteiger partial charge in [0, 0.05) is 14.1 Å². The van der Waals surface area contributed by atoms with E-state index < -0.39 is 17.6 Å². The Morgan fingerprint density at radius 1 is 1.15 bits per heavy atom. The summed E-state index contributed by atoms with van der Waals surface area (Å²) in [5.41, 5.74) is -0.613. The zero-order chi connectivity index (χ0) is 19.9. The number of likely N-dealkylation sites (N-methyl/N-ethyl adjacent to an activating group) is 2. The number of carbonyl (C=O) groups excluding carboxylic acids is 3. The number of ether oxygens (including phenoxy) is 1. The van der Waals surface area contributed by atoms with E-state index in [1.165, 1.54) is 4.90 Å². The van der Waals surface area contributed by atoms with Gasteiger partial charge >= 0.3 is 5.97 Å². The van der Waals surface area contributed by atoms with Gasteiger partial charge in [-0.15, -0.1) is 0 Å². The summed E-state index contributed by atoms with van der Waals surface area (Å²) in [4.78, 5) is 38.5. The van der Waals surface area contributed by atoms with Crippen LogP contribution in [0.2, 0.25) is 0 Å². The molecule has 1 aliphatic carbocycles. The lowest BCUT2D eigenvalue weighted by atomic mass is 9.94. The van der Waals surface area contributed by atoms with E-state index in [2.05, 4.69) is 10.6 Å². The second-order valence-corrected chi connectivity index (χ2v) is 8.23. The van der Waals surface area contributed by atoms with Crippen LogP contribution in [0.25, 0.3) is 0 Å². The van der Waals surface area contributed by atoms with E-state index in [9.17, 15) is 14.4 Å². The molecule has 150 valence electrons. The van der Waals surface area contributed by atoms with Gasteiger partial charge in [0.25, 0.3) is 0 Å². The minimum atomic E-state index is -0.773. The molecule has 7 heteroatoms. The lowest BCUT2D eigenvalue weighted by molar-refractivity contribution is -0.157. The van der Waals surface area contributed by atoms with Crippen LogP contribution in [0.3, 0.4) is 0 Å². The SMILES string of the molecule is CN[C@H](C(=O)CN[C@@H](CC(=O)OC(C)(C)C)C(=O)N(C)C)C1CCCC1. The lowest BCUT2D eigenvalue weighted by Crippen LogP contribution is -2.50. The van der Waals surface area contributed by atoms with Gasteiger partial charge in [-0.1, -0.05) is 12.8 Å². The predicted octanol–water partition coefficient (Wildman–Crippen LogP) is 1.11. The Balaban J connectivity index is 2.68. The summed E-state index contributed by atoms with van der Waals surface area (Å²) in [5.74, 6) is -0.326. The third-order valence-corrected chi connectivity index (χ3v) is 4.58. The molecule has 1 aliphatic rings. The summed E-state index contributed by atoms with van der Waals surface area (Å²) in [6.07, 6.45) is 4.31. The first kappa shape index (κ1) is 22.6. The van der Waals surface area contributed by atoms with Crippen molar-refractivity contribution in [2.24, 2.45) is 5.92 Å². The Labute approximate surface area is 157 Å². The molecule has 2 atom stereocenters. The molecule has 0 aromatic carbocycles. The van der Waals surface area contributed by atoms with Crippen LogP contribution in [-0.2, 0) is 19.1 Å². The van der Waals surface area contributed by atoms with E-state index in [4.69, 9.17) is 4.74 Å². The van der Waals surface area contributed by atoms with Crippen LogP contribution >= 0.6 is 0 Å². The zero-order valence-corrected chi connectivity index (χ0v) is 17.1. The molecule has 0 unspecified atom stereocenters. The third kappa shape index (κ3) is 7.41. The quantitative estimate of drug-likeness (QED) is 0.592. The summed E-state index contributed by atoms with van der Waals surface area (Å²) < 4.78 is 5.31. The second kappa shape index (κ2) is 10.0. The van der Waals surface area contributed by atoms with Gasteiger partial charge in [0.2, 0.25) is 5.91 Å². The molecule has 0 aliphatic heterocycles. The van der Waals surface area contributed by atoms with Gasteiger partial charge in [-0.25, -0.2) is 0 Å². The lowest BCUT2D eigenvalue weighted by Gasteiger charge is -2.26. The third-order valence-electron chi connectivity index (χ3n) is 4.58. The Morgan fingerprint density at radius 2 is 1.73 bits per heavy atom. The van der Waals surface area contributed by atoms with Crippen molar-refractivity contribution in [3.63, 3.8) is 0 Å². The van der Waals surface area contributed by atoms with Crippen LogP contribution in [0, 0.1) is 5.92 Å². The maximum absolute atomic E-state index is 12.6. The van der Waals surface area contributed by atoms with Crippen molar-refractivity contribution in [3.8, 4) is 0 Å². The highest BCUT2D eigenvalue weighted by atomic mass is 16.6. The summed E-state index contributed by atoms with van der Waals surface area (Å²) >= 11 is 0. The highest BCUT2D eigenvalue weighted by molar-refractivity contribution is 5.89. The van der Waals surface area contributed by atoms with Crippen LogP contribution in [0.1, 0.15) is 52.9 Å². The first-order valence-corrected chi connectivity index (χ1v) is 9.41. The Hall–Kier alpha value is -1.47. The molecule has 0 radical (unpaired) electrons. The molecule has 1 fully saturated rings. The molecule has 0 saturated heterocycles. The average molecular weight is 370 g/mol. The Kier molecular flexibility index (Phi) is 8.70. The van der Waals surface area contributed by atoms with Crippen molar-refractivity contribution < 1.29 is 19.1 Å². The molecule has 1 amide bonds. The van der Waals surface area contributed by atoms with Crippen molar-refractivity contribution in [2.45, 2.75) is 70.6 Å². The zero-order valence-electron chi connectivity index (χ0n) is 17.1. The van der Waals surface area contributed by atoms with Crippen LogP contribution in [-0.4, -0.2) is 67.9 Å². The van der Waals surface area contributed by atoms with Crippen molar-refractivity contribution in [1.29, 1.82) is 0 Å². The number of hydrogen-bond acceptors (Lipinski definition) is 6. The Morgan fingerprint density at radius 3 is 2.19 bits per heavy atom. The molecule has 1 saturated carbocycles. The maximum atomic E-state index is 12.6. The largest absolute Gasteiger partial charge is 0.460 e. The van der Waals surface area contributed by atoms with Crippen molar-refractivity contribution in [3.05, 3.63) is 0 Å². The van der Waals surface area contributed by atoms with Crippen LogP contribution in [0.15, 0.2) is 0 Å². The molecular weight excluding hydrogens is 334 g/mol. The number of rotatable bonds is 9. The molecule has 2 N–H and O–H groups in total. The maximum Gasteiger partial charge on any atom is 0.308 e. The molecule has 0 spiro atoms. The topological polar surface area (TPSA) is 87.7 Å². The molecule has 0 aromatic heterocycles. The van der Waals surface area contributed by atoms with Gasteiger partial charge < -0.3 is 15.0 Å². The fraction of sp³-hybridized carbons (Fsp3) is 0.842. The minimum absolute atomic E-state index is 0.0279. The minimum Gasteiger partial charge on any atom is -0.460 e. The number of esters is 1. The van der Waals surface area contributed by atoms with Gasteiger partial charge in [0.1, 0.15) is 5.60 Å². The predicted molar refractivity (Wildman–Crippen MR) is 101 cm³/mol. The van der Waals surface area contributed by atoms with E-state index in [0.717, 1.165) is 25.7 Å². The average Bonchev–Trinajstić information content (AvgIpc) is 3.03. The van der Waals surface area contributed by atoms with E-state index in [0.29, 0.717) is 5.92 Å². The number of ketones is 1. The summed E-state index contributed by atoms with van der Waals surface area (Å²) in [6.45, 7) is 5.40. The molecule has 26 heavy (non-hydrogen) atoms. The van der Waals surface area contributed by atoms with E-state index in [1.54, 1.807) is 41.9 Å². The number of hydrogen-bond donors (Lipinski definition) is 2. The number of amides is 1. The van der Waals surface area contributed by atoms with E-state index >= 15 is 0 Å². The fourth-order valence-electron chi connectivity index (χ4n) is 3.39. The summed E-state index contributed by atoms with van der Waals surface area (Å²) in [5, 5.41) is 6.09. The molecular formula is C19H35N3O4.